The molecular formula is C18H26N4O3. The van der Waals surface area contributed by atoms with Gasteiger partial charge in [0.25, 0.3) is 0 Å². The zero-order chi connectivity index (χ0) is 17.3. The SMILES string of the molecule is O=C(CCc1nc(-c2ccco2)no1)NCCNC1CCCCCC1. The average Bonchev–Trinajstić information content (AvgIpc) is 3.24. The van der Waals surface area contributed by atoms with E-state index < -0.39 is 0 Å². The van der Waals surface area contributed by atoms with E-state index in [9.17, 15) is 4.79 Å². The van der Waals surface area contributed by atoms with Crippen molar-refractivity contribution < 1.29 is 13.7 Å². The molecule has 1 amide bonds. The average molecular weight is 346 g/mol. The number of nitrogens with zero attached hydrogens (tertiary/aromatic N) is 2. The third kappa shape index (κ3) is 5.70. The minimum Gasteiger partial charge on any atom is -0.461 e. The van der Waals surface area contributed by atoms with Crippen molar-refractivity contribution in [3.05, 3.63) is 24.3 Å². The normalized spacial score (nSPS) is 15.8. The van der Waals surface area contributed by atoms with Gasteiger partial charge < -0.3 is 19.6 Å². The van der Waals surface area contributed by atoms with Crippen LogP contribution in [0.1, 0.15) is 50.8 Å². The van der Waals surface area contributed by atoms with Gasteiger partial charge in [0, 0.05) is 32.0 Å². The summed E-state index contributed by atoms with van der Waals surface area (Å²) in [5.74, 6) is 1.41. The molecule has 0 spiro atoms. The van der Waals surface area contributed by atoms with Gasteiger partial charge in [-0.2, -0.15) is 4.98 Å². The summed E-state index contributed by atoms with van der Waals surface area (Å²) in [5.41, 5.74) is 0. The molecule has 0 aliphatic heterocycles. The second kappa shape index (κ2) is 9.36. The summed E-state index contributed by atoms with van der Waals surface area (Å²) in [6, 6.07) is 4.14. The van der Waals surface area contributed by atoms with Gasteiger partial charge in [-0.25, -0.2) is 0 Å². The predicted octanol–water partition coefficient (Wildman–Crippen LogP) is 2.69. The highest BCUT2D eigenvalue weighted by atomic mass is 16.5. The van der Waals surface area contributed by atoms with E-state index in [-0.39, 0.29) is 5.91 Å². The molecule has 0 aromatic carbocycles. The van der Waals surface area contributed by atoms with Crippen LogP contribution < -0.4 is 10.6 Å². The smallest absolute Gasteiger partial charge is 0.238 e. The molecule has 0 radical (unpaired) electrons. The summed E-state index contributed by atoms with van der Waals surface area (Å²) in [6.07, 6.45) is 10.2. The molecule has 7 heteroatoms. The Kier molecular flexibility index (Phi) is 6.62. The first-order valence-corrected chi connectivity index (χ1v) is 9.18. The molecule has 1 fully saturated rings. The van der Waals surface area contributed by atoms with Crippen LogP contribution in [0.3, 0.4) is 0 Å². The number of amides is 1. The number of aromatic nitrogens is 2. The quantitative estimate of drug-likeness (QED) is 0.564. The molecule has 1 aliphatic carbocycles. The van der Waals surface area contributed by atoms with Crippen LogP contribution in [0, 0.1) is 0 Å². The van der Waals surface area contributed by atoms with Crippen molar-refractivity contribution in [2.45, 2.75) is 57.4 Å². The van der Waals surface area contributed by atoms with Crippen molar-refractivity contribution in [2.24, 2.45) is 0 Å². The van der Waals surface area contributed by atoms with E-state index in [1.54, 1.807) is 18.4 Å². The van der Waals surface area contributed by atoms with E-state index in [0.717, 1.165) is 6.54 Å². The first-order valence-electron chi connectivity index (χ1n) is 9.18. The molecule has 0 bridgehead atoms. The summed E-state index contributed by atoms with van der Waals surface area (Å²) in [4.78, 5) is 16.1. The summed E-state index contributed by atoms with van der Waals surface area (Å²) in [7, 11) is 0. The molecule has 1 saturated carbocycles. The number of hydrogen-bond donors (Lipinski definition) is 2. The molecule has 0 unspecified atom stereocenters. The number of hydrogen-bond acceptors (Lipinski definition) is 6. The van der Waals surface area contributed by atoms with Gasteiger partial charge in [0.15, 0.2) is 5.76 Å². The minimum absolute atomic E-state index is 0.000384. The van der Waals surface area contributed by atoms with E-state index in [4.69, 9.17) is 8.94 Å². The highest BCUT2D eigenvalue weighted by Gasteiger charge is 2.13. The second-order valence-corrected chi connectivity index (χ2v) is 6.48. The third-order valence-electron chi connectivity index (χ3n) is 4.51. The molecule has 2 aromatic heterocycles. The molecule has 7 nitrogen and oxygen atoms in total. The Hall–Kier alpha value is -2.15. The zero-order valence-corrected chi connectivity index (χ0v) is 14.5. The van der Waals surface area contributed by atoms with Gasteiger partial charge in [-0.1, -0.05) is 30.8 Å². The minimum atomic E-state index is 0.000384. The maximum absolute atomic E-state index is 11.9. The van der Waals surface area contributed by atoms with Crippen LogP contribution in [0.2, 0.25) is 0 Å². The van der Waals surface area contributed by atoms with Crippen molar-refractivity contribution >= 4 is 5.91 Å². The van der Waals surface area contributed by atoms with Gasteiger partial charge in [-0.3, -0.25) is 4.79 Å². The van der Waals surface area contributed by atoms with Crippen molar-refractivity contribution in [3.8, 4) is 11.6 Å². The maximum Gasteiger partial charge on any atom is 0.238 e. The van der Waals surface area contributed by atoms with Crippen molar-refractivity contribution in [2.75, 3.05) is 13.1 Å². The Morgan fingerprint density at radius 1 is 1.20 bits per heavy atom. The van der Waals surface area contributed by atoms with Crippen molar-refractivity contribution in [1.29, 1.82) is 0 Å². The van der Waals surface area contributed by atoms with Crippen LogP contribution >= 0.6 is 0 Å². The van der Waals surface area contributed by atoms with E-state index in [1.807, 2.05) is 0 Å². The molecule has 136 valence electrons. The van der Waals surface area contributed by atoms with Gasteiger partial charge in [0.05, 0.1) is 6.26 Å². The van der Waals surface area contributed by atoms with Gasteiger partial charge in [0.1, 0.15) is 0 Å². The molecule has 1 aliphatic rings. The van der Waals surface area contributed by atoms with Gasteiger partial charge in [-0.15, -0.1) is 0 Å². The van der Waals surface area contributed by atoms with Crippen molar-refractivity contribution in [3.63, 3.8) is 0 Å². The second-order valence-electron chi connectivity index (χ2n) is 6.48. The van der Waals surface area contributed by atoms with Crippen LogP contribution in [-0.2, 0) is 11.2 Å². The zero-order valence-electron chi connectivity index (χ0n) is 14.5. The molecule has 3 rings (SSSR count). The lowest BCUT2D eigenvalue weighted by atomic mass is 10.1. The Morgan fingerprint density at radius 3 is 2.80 bits per heavy atom. The van der Waals surface area contributed by atoms with Crippen LogP contribution in [-0.4, -0.2) is 35.2 Å². The molecule has 25 heavy (non-hydrogen) atoms. The number of aryl methyl sites for hydroxylation is 1. The Bertz CT molecular complexity index is 631. The molecule has 0 saturated heterocycles. The molecule has 2 aromatic rings. The predicted molar refractivity (Wildman–Crippen MR) is 92.8 cm³/mol. The highest BCUT2D eigenvalue weighted by Crippen LogP contribution is 2.17. The van der Waals surface area contributed by atoms with E-state index in [2.05, 4.69) is 20.8 Å². The number of nitrogens with one attached hydrogen (secondary N) is 2. The lowest BCUT2D eigenvalue weighted by Crippen LogP contribution is -2.36. The Balaban J connectivity index is 1.30. The van der Waals surface area contributed by atoms with Gasteiger partial charge in [0.2, 0.25) is 17.6 Å². The topological polar surface area (TPSA) is 93.2 Å². The third-order valence-corrected chi connectivity index (χ3v) is 4.51. The molecule has 0 atom stereocenters. The summed E-state index contributed by atoms with van der Waals surface area (Å²) < 4.78 is 10.4. The monoisotopic (exact) mass is 346 g/mol. The molecule has 2 N–H and O–H groups in total. The Morgan fingerprint density at radius 2 is 2.04 bits per heavy atom. The largest absolute Gasteiger partial charge is 0.461 e. The molecular weight excluding hydrogens is 320 g/mol. The first kappa shape index (κ1) is 17.7. The fourth-order valence-electron chi connectivity index (χ4n) is 3.13. The lowest BCUT2D eigenvalue weighted by molar-refractivity contribution is -0.121. The summed E-state index contributed by atoms with van der Waals surface area (Å²) in [6.45, 7) is 1.47. The lowest BCUT2D eigenvalue weighted by Gasteiger charge is -2.16. The van der Waals surface area contributed by atoms with Crippen molar-refractivity contribution in [1.82, 2.24) is 20.8 Å². The fraction of sp³-hybridized carbons (Fsp3) is 0.611. The number of carbonyl (C=O) groups is 1. The molecule has 2 heterocycles. The number of rotatable bonds is 8. The number of furan rings is 1. The van der Waals surface area contributed by atoms with E-state index in [1.165, 1.54) is 38.5 Å². The van der Waals surface area contributed by atoms with Crippen LogP contribution in [0.4, 0.5) is 0 Å². The van der Waals surface area contributed by atoms with Gasteiger partial charge in [-0.05, 0) is 25.0 Å². The van der Waals surface area contributed by atoms with Crippen LogP contribution in [0.5, 0.6) is 0 Å². The first-order chi connectivity index (χ1) is 12.3. The van der Waals surface area contributed by atoms with Crippen LogP contribution in [0.25, 0.3) is 11.6 Å². The number of carbonyl (C=O) groups excluding carboxylic acids is 1. The standard InChI is InChI=1S/C18H26N4O3/c23-16(20-12-11-19-14-6-3-1-2-4-7-14)9-10-17-21-18(22-25-17)15-8-5-13-24-15/h5,8,13-14,19H,1-4,6-7,9-12H2,(H,20,23). The van der Waals surface area contributed by atoms with E-state index in [0.29, 0.717) is 42.9 Å². The summed E-state index contributed by atoms with van der Waals surface area (Å²) in [5, 5.41) is 10.3. The maximum atomic E-state index is 11.9. The van der Waals surface area contributed by atoms with Crippen LogP contribution in [0.15, 0.2) is 27.3 Å². The highest BCUT2D eigenvalue weighted by molar-refractivity contribution is 5.76. The van der Waals surface area contributed by atoms with Gasteiger partial charge >= 0.3 is 0 Å². The van der Waals surface area contributed by atoms with E-state index >= 15 is 0 Å². The Labute approximate surface area is 147 Å². The summed E-state index contributed by atoms with van der Waals surface area (Å²) >= 11 is 0. The fourth-order valence-corrected chi connectivity index (χ4v) is 3.13.